The molecule has 2 rings (SSSR count). The Kier molecular flexibility index (Phi) is 2.68. The normalized spacial score (nSPS) is 12.2. The van der Waals surface area contributed by atoms with E-state index in [1.807, 2.05) is 12.1 Å². The van der Waals surface area contributed by atoms with Gasteiger partial charge in [0.15, 0.2) is 0 Å². The lowest BCUT2D eigenvalue weighted by Gasteiger charge is -2.03. The van der Waals surface area contributed by atoms with Gasteiger partial charge in [0, 0.05) is 9.86 Å². The van der Waals surface area contributed by atoms with E-state index in [-0.39, 0.29) is 0 Å². The Bertz CT molecular complexity index is 631. The molecule has 2 aromatic rings. The van der Waals surface area contributed by atoms with Gasteiger partial charge in [-0.25, -0.2) is 12.4 Å². The molecule has 0 spiro atoms. The summed E-state index contributed by atoms with van der Waals surface area (Å²) in [6, 6.07) is 7.24. The van der Waals surface area contributed by atoms with Crippen molar-refractivity contribution >= 4 is 52.8 Å². The van der Waals surface area contributed by atoms with Crippen LogP contribution in [0.25, 0.3) is 10.9 Å². The van der Waals surface area contributed by atoms with E-state index in [0.29, 0.717) is 10.1 Å². The van der Waals surface area contributed by atoms with Crippen molar-refractivity contribution in [3.8, 4) is 0 Å². The standard InChI is InChI=1S/C9H7Br2NO2S/c1-15(13,14)12-8-3-2-7(10)4-6(8)5-9(12)11/h2-5H,1H3. The van der Waals surface area contributed by atoms with Crippen molar-refractivity contribution in [2.75, 3.05) is 6.26 Å². The second-order valence-corrected chi connectivity index (χ2v) is 6.76. The molecular formula is C9H7Br2NO2S. The molecule has 3 nitrogen and oxygen atoms in total. The largest absolute Gasteiger partial charge is 0.237 e. The quantitative estimate of drug-likeness (QED) is 0.791. The van der Waals surface area contributed by atoms with Crippen LogP contribution < -0.4 is 0 Å². The highest BCUT2D eigenvalue weighted by molar-refractivity contribution is 9.10. The molecule has 80 valence electrons. The highest BCUT2D eigenvalue weighted by Gasteiger charge is 2.14. The molecule has 15 heavy (non-hydrogen) atoms. The lowest BCUT2D eigenvalue weighted by molar-refractivity contribution is 0.594. The van der Waals surface area contributed by atoms with Gasteiger partial charge in [-0.2, -0.15) is 0 Å². The number of aromatic nitrogens is 1. The van der Waals surface area contributed by atoms with E-state index in [2.05, 4.69) is 31.9 Å². The van der Waals surface area contributed by atoms with Crippen LogP contribution in [0.4, 0.5) is 0 Å². The van der Waals surface area contributed by atoms with Gasteiger partial charge in [0.2, 0.25) is 10.0 Å². The monoisotopic (exact) mass is 351 g/mol. The molecule has 0 aliphatic carbocycles. The minimum atomic E-state index is -3.28. The van der Waals surface area contributed by atoms with E-state index >= 15 is 0 Å². The summed E-state index contributed by atoms with van der Waals surface area (Å²) in [5.41, 5.74) is 0.674. The molecule has 1 aromatic heterocycles. The maximum atomic E-state index is 11.5. The van der Waals surface area contributed by atoms with Gasteiger partial charge in [-0.3, -0.25) is 0 Å². The smallest absolute Gasteiger partial charge is 0.231 e. The number of hydrogen-bond donors (Lipinski definition) is 0. The van der Waals surface area contributed by atoms with Crippen molar-refractivity contribution in [2.24, 2.45) is 0 Å². The van der Waals surface area contributed by atoms with Crippen LogP contribution >= 0.6 is 31.9 Å². The molecule has 1 aromatic carbocycles. The fourth-order valence-electron chi connectivity index (χ4n) is 1.47. The lowest BCUT2D eigenvalue weighted by atomic mass is 10.3. The summed E-state index contributed by atoms with van der Waals surface area (Å²) in [4.78, 5) is 0. The van der Waals surface area contributed by atoms with Crippen molar-refractivity contribution in [1.82, 2.24) is 3.97 Å². The SMILES string of the molecule is CS(=O)(=O)n1c(Br)cc2cc(Br)ccc21. The number of rotatable bonds is 1. The Hall–Kier alpha value is -0.330. The summed E-state index contributed by atoms with van der Waals surface area (Å²) in [5.74, 6) is 0. The predicted octanol–water partition coefficient (Wildman–Crippen LogP) is 2.97. The number of benzene rings is 1. The molecule has 0 N–H and O–H groups in total. The number of halogens is 2. The van der Waals surface area contributed by atoms with Gasteiger partial charge in [-0.15, -0.1) is 0 Å². The second-order valence-electron chi connectivity index (χ2n) is 3.20. The molecule has 6 heteroatoms. The lowest BCUT2D eigenvalue weighted by Crippen LogP contribution is -2.09. The Morgan fingerprint density at radius 3 is 2.47 bits per heavy atom. The van der Waals surface area contributed by atoms with Gasteiger partial charge in [0.25, 0.3) is 0 Å². The summed E-state index contributed by atoms with van der Waals surface area (Å²) in [6.45, 7) is 0. The molecule has 0 unspecified atom stereocenters. The van der Waals surface area contributed by atoms with Crippen molar-refractivity contribution < 1.29 is 8.42 Å². The number of hydrogen-bond acceptors (Lipinski definition) is 2. The zero-order valence-electron chi connectivity index (χ0n) is 7.74. The van der Waals surface area contributed by atoms with E-state index in [4.69, 9.17) is 0 Å². The van der Waals surface area contributed by atoms with Crippen LogP contribution in [0.5, 0.6) is 0 Å². The van der Waals surface area contributed by atoms with Gasteiger partial charge in [-0.1, -0.05) is 15.9 Å². The van der Waals surface area contributed by atoms with Crippen molar-refractivity contribution in [1.29, 1.82) is 0 Å². The Morgan fingerprint density at radius 1 is 1.20 bits per heavy atom. The first-order chi connectivity index (χ1) is 6.89. The van der Waals surface area contributed by atoms with Crippen LogP contribution in [-0.4, -0.2) is 18.6 Å². The first-order valence-corrected chi connectivity index (χ1v) is 7.50. The van der Waals surface area contributed by atoms with Crippen molar-refractivity contribution in [3.05, 3.63) is 33.3 Å². The molecule has 0 radical (unpaired) electrons. The zero-order chi connectivity index (χ0) is 11.2. The topological polar surface area (TPSA) is 39.1 Å². The van der Waals surface area contributed by atoms with E-state index in [0.717, 1.165) is 9.86 Å². The van der Waals surface area contributed by atoms with Gasteiger partial charge in [0.05, 0.1) is 11.8 Å². The highest BCUT2D eigenvalue weighted by Crippen LogP contribution is 2.27. The van der Waals surface area contributed by atoms with Crippen LogP contribution in [-0.2, 0) is 10.0 Å². The summed E-state index contributed by atoms with van der Waals surface area (Å²) < 4.78 is 25.8. The highest BCUT2D eigenvalue weighted by atomic mass is 79.9. The molecular weight excluding hydrogens is 346 g/mol. The molecule has 0 aliphatic heterocycles. The van der Waals surface area contributed by atoms with Gasteiger partial charge < -0.3 is 0 Å². The van der Waals surface area contributed by atoms with E-state index in [1.165, 1.54) is 10.2 Å². The minimum Gasteiger partial charge on any atom is -0.231 e. The van der Waals surface area contributed by atoms with Gasteiger partial charge in [-0.05, 0) is 40.2 Å². The predicted molar refractivity (Wildman–Crippen MR) is 67.6 cm³/mol. The Balaban J connectivity index is 2.92. The minimum absolute atomic E-state index is 0.540. The third-order valence-corrected chi connectivity index (χ3v) is 4.38. The first kappa shape index (κ1) is 11.2. The molecule has 1 heterocycles. The molecule has 0 saturated heterocycles. The maximum absolute atomic E-state index is 11.5. The second kappa shape index (κ2) is 3.61. The number of fused-ring (bicyclic) bond motifs is 1. The van der Waals surface area contributed by atoms with Crippen LogP contribution in [0.2, 0.25) is 0 Å². The fourth-order valence-corrected chi connectivity index (χ4v) is 3.96. The van der Waals surface area contributed by atoms with Gasteiger partial charge in [0.1, 0.15) is 4.60 Å². The Morgan fingerprint density at radius 2 is 1.87 bits per heavy atom. The summed E-state index contributed by atoms with van der Waals surface area (Å²) >= 11 is 6.58. The summed E-state index contributed by atoms with van der Waals surface area (Å²) in [7, 11) is -3.28. The Labute approximate surface area is 104 Å². The van der Waals surface area contributed by atoms with E-state index < -0.39 is 10.0 Å². The van der Waals surface area contributed by atoms with Crippen molar-refractivity contribution in [3.63, 3.8) is 0 Å². The third kappa shape index (κ3) is 1.98. The molecule has 0 aliphatic rings. The maximum Gasteiger partial charge on any atom is 0.237 e. The van der Waals surface area contributed by atoms with Crippen LogP contribution in [0.15, 0.2) is 33.3 Å². The molecule has 0 saturated carbocycles. The van der Waals surface area contributed by atoms with Gasteiger partial charge >= 0.3 is 0 Å². The van der Waals surface area contributed by atoms with Crippen molar-refractivity contribution in [2.45, 2.75) is 0 Å². The molecule has 0 atom stereocenters. The average molecular weight is 353 g/mol. The number of nitrogens with zero attached hydrogens (tertiary/aromatic N) is 1. The van der Waals surface area contributed by atoms with Crippen LogP contribution in [0.3, 0.4) is 0 Å². The van der Waals surface area contributed by atoms with Crippen LogP contribution in [0.1, 0.15) is 0 Å². The summed E-state index contributed by atoms with van der Waals surface area (Å²) in [6.07, 6.45) is 1.18. The molecule has 0 fully saturated rings. The zero-order valence-corrected chi connectivity index (χ0v) is 11.7. The van der Waals surface area contributed by atoms with Crippen LogP contribution in [0, 0.1) is 0 Å². The first-order valence-electron chi connectivity index (χ1n) is 4.06. The van der Waals surface area contributed by atoms with E-state index in [1.54, 1.807) is 12.1 Å². The van der Waals surface area contributed by atoms with E-state index in [9.17, 15) is 8.42 Å². The molecule has 0 amide bonds. The molecule has 0 bridgehead atoms. The summed E-state index contributed by atoms with van der Waals surface area (Å²) in [5, 5.41) is 0.877. The fraction of sp³-hybridized carbons (Fsp3) is 0.111. The average Bonchev–Trinajstić information content (AvgIpc) is 2.38. The third-order valence-electron chi connectivity index (χ3n) is 2.01.